The number of hydrogen-bond acceptors (Lipinski definition) is 4. The van der Waals surface area contributed by atoms with Crippen molar-refractivity contribution in [3.8, 4) is 5.75 Å². The van der Waals surface area contributed by atoms with Gasteiger partial charge in [-0.2, -0.15) is 0 Å². The Morgan fingerprint density at radius 1 is 1.26 bits per heavy atom. The van der Waals surface area contributed by atoms with E-state index < -0.39 is 6.10 Å². The molecule has 0 saturated carbocycles. The topological polar surface area (TPSA) is 50.7 Å². The van der Waals surface area contributed by atoms with Crippen molar-refractivity contribution < 1.29 is 14.6 Å². The Hall–Kier alpha value is -1.10. The zero-order valence-corrected chi connectivity index (χ0v) is 11.9. The lowest BCUT2D eigenvalue weighted by Gasteiger charge is -2.12. The van der Waals surface area contributed by atoms with E-state index in [1.165, 1.54) is 5.56 Å². The number of aliphatic hydroxyl groups excluding tert-OH is 1. The van der Waals surface area contributed by atoms with E-state index in [9.17, 15) is 5.11 Å². The maximum absolute atomic E-state index is 9.70. The van der Waals surface area contributed by atoms with Gasteiger partial charge in [-0.05, 0) is 24.1 Å². The lowest BCUT2D eigenvalue weighted by molar-refractivity contribution is 0.0358. The Kier molecular flexibility index (Phi) is 8.21. The summed E-state index contributed by atoms with van der Waals surface area (Å²) in [4.78, 5) is 0. The van der Waals surface area contributed by atoms with Crippen molar-refractivity contribution in [2.24, 2.45) is 0 Å². The highest BCUT2D eigenvalue weighted by atomic mass is 16.5. The molecule has 0 spiro atoms. The van der Waals surface area contributed by atoms with Crippen LogP contribution in [0.15, 0.2) is 24.3 Å². The Balaban J connectivity index is 2.11. The number of hydrogen-bond donors (Lipinski definition) is 2. The Bertz CT molecular complexity index is 327. The number of unbranched alkanes of at least 4 members (excludes halogenated alkanes) is 1. The quantitative estimate of drug-likeness (QED) is 0.636. The van der Waals surface area contributed by atoms with E-state index in [4.69, 9.17) is 9.47 Å². The fourth-order valence-corrected chi connectivity index (χ4v) is 1.65. The third-order valence-corrected chi connectivity index (χ3v) is 2.82. The van der Waals surface area contributed by atoms with Crippen molar-refractivity contribution in [1.29, 1.82) is 0 Å². The number of aliphatic hydroxyl groups is 1. The lowest BCUT2D eigenvalue weighted by Crippen LogP contribution is -2.30. The molecule has 4 heteroatoms. The van der Waals surface area contributed by atoms with Gasteiger partial charge in [-0.15, -0.1) is 0 Å². The Morgan fingerprint density at radius 3 is 2.63 bits per heavy atom. The monoisotopic (exact) mass is 267 g/mol. The second-order valence-electron chi connectivity index (χ2n) is 4.56. The fraction of sp³-hybridized carbons (Fsp3) is 0.600. The largest absolute Gasteiger partial charge is 0.497 e. The van der Waals surface area contributed by atoms with E-state index in [0.717, 1.165) is 31.7 Å². The molecule has 0 fully saturated rings. The second-order valence-corrected chi connectivity index (χ2v) is 4.56. The van der Waals surface area contributed by atoms with E-state index in [-0.39, 0.29) is 0 Å². The average molecular weight is 267 g/mol. The van der Waals surface area contributed by atoms with Gasteiger partial charge in [0, 0.05) is 19.7 Å². The molecule has 0 heterocycles. The summed E-state index contributed by atoms with van der Waals surface area (Å²) in [5.74, 6) is 0.855. The molecule has 0 amide bonds. The minimum Gasteiger partial charge on any atom is -0.497 e. The first-order valence-electron chi connectivity index (χ1n) is 6.85. The van der Waals surface area contributed by atoms with Crippen LogP contribution in [0.1, 0.15) is 25.3 Å². The molecule has 4 nitrogen and oxygen atoms in total. The summed E-state index contributed by atoms with van der Waals surface area (Å²) in [5, 5.41) is 12.9. The van der Waals surface area contributed by atoms with E-state index in [2.05, 4.69) is 12.2 Å². The van der Waals surface area contributed by atoms with Gasteiger partial charge in [0.15, 0.2) is 0 Å². The van der Waals surface area contributed by atoms with Crippen molar-refractivity contribution >= 4 is 0 Å². The molecule has 0 saturated heterocycles. The lowest BCUT2D eigenvalue weighted by atomic mass is 10.2. The molecule has 1 atom stereocenters. The molecule has 1 rings (SSSR count). The third-order valence-electron chi connectivity index (χ3n) is 2.82. The van der Waals surface area contributed by atoms with Crippen LogP contribution in [0.2, 0.25) is 0 Å². The average Bonchev–Trinajstić information content (AvgIpc) is 2.44. The van der Waals surface area contributed by atoms with Crippen molar-refractivity contribution in [2.75, 3.05) is 26.9 Å². The van der Waals surface area contributed by atoms with Crippen LogP contribution in [0.4, 0.5) is 0 Å². The third kappa shape index (κ3) is 7.15. The summed E-state index contributed by atoms with van der Waals surface area (Å²) in [6.45, 7) is 4.52. The Labute approximate surface area is 115 Å². The van der Waals surface area contributed by atoms with Gasteiger partial charge in [0.25, 0.3) is 0 Å². The molecule has 108 valence electrons. The van der Waals surface area contributed by atoms with Crippen molar-refractivity contribution in [1.82, 2.24) is 5.32 Å². The predicted molar refractivity (Wildman–Crippen MR) is 76.4 cm³/mol. The Morgan fingerprint density at radius 2 is 2.00 bits per heavy atom. The van der Waals surface area contributed by atoms with E-state index in [0.29, 0.717) is 13.2 Å². The summed E-state index contributed by atoms with van der Waals surface area (Å²) in [7, 11) is 1.65. The number of nitrogens with one attached hydrogen (secondary N) is 1. The molecular weight excluding hydrogens is 242 g/mol. The van der Waals surface area contributed by atoms with Crippen molar-refractivity contribution in [3.63, 3.8) is 0 Å². The number of rotatable bonds is 10. The molecule has 0 aliphatic heterocycles. The molecule has 0 bridgehead atoms. The highest BCUT2D eigenvalue weighted by Crippen LogP contribution is 2.10. The summed E-state index contributed by atoms with van der Waals surface area (Å²) in [6.07, 6.45) is 1.72. The van der Waals surface area contributed by atoms with E-state index >= 15 is 0 Å². The van der Waals surface area contributed by atoms with Crippen LogP contribution in [0, 0.1) is 0 Å². The van der Waals surface area contributed by atoms with Crippen LogP contribution >= 0.6 is 0 Å². The minimum absolute atomic E-state index is 0.398. The molecule has 0 aliphatic rings. The van der Waals surface area contributed by atoms with Gasteiger partial charge in [-0.3, -0.25) is 0 Å². The molecule has 0 aromatic heterocycles. The zero-order chi connectivity index (χ0) is 13.9. The maximum atomic E-state index is 9.70. The second kappa shape index (κ2) is 9.78. The van der Waals surface area contributed by atoms with Crippen LogP contribution in [0.3, 0.4) is 0 Å². The van der Waals surface area contributed by atoms with Crippen LogP contribution in [0.25, 0.3) is 0 Å². The molecule has 1 aromatic rings. The minimum atomic E-state index is -0.449. The van der Waals surface area contributed by atoms with Gasteiger partial charge in [-0.1, -0.05) is 25.5 Å². The van der Waals surface area contributed by atoms with Gasteiger partial charge in [-0.25, -0.2) is 0 Å². The molecule has 0 aliphatic carbocycles. The first-order valence-corrected chi connectivity index (χ1v) is 6.85. The SMILES string of the molecule is CCCCOCC(O)CNCc1ccc(OC)cc1. The standard InChI is InChI=1S/C15H25NO3/c1-3-4-9-19-12-14(17)11-16-10-13-5-7-15(18-2)8-6-13/h5-8,14,16-17H,3-4,9-12H2,1-2H3. The number of benzene rings is 1. The van der Waals surface area contributed by atoms with Crippen molar-refractivity contribution in [3.05, 3.63) is 29.8 Å². The first kappa shape index (κ1) is 16.0. The highest BCUT2D eigenvalue weighted by Gasteiger charge is 2.03. The van der Waals surface area contributed by atoms with Gasteiger partial charge in [0.2, 0.25) is 0 Å². The maximum Gasteiger partial charge on any atom is 0.118 e. The fourth-order valence-electron chi connectivity index (χ4n) is 1.65. The molecule has 1 unspecified atom stereocenters. The van der Waals surface area contributed by atoms with Crippen molar-refractivity contribution in [2.45, 2.75) is 32.4 Å². The molecule has 0 radical (unpaired) electrons. The van der Waals surface area contributed by atoms with Gasteiger partial charge < -0.3 is 19.9 Å². The normalized spacial score (nSPS) is 12.4. The number of ether oxygens (including phenoxy) is 2. The van der Waals surface area contributed by atoms with E-state index in [1.807, 2.05) is 24.3 Å². The van der Waals surface area contributed by atoms with Gasteiger partial charge >= 0.3 is 0 Å². The number of methoxy groups -OCH3 is 1. The zero-order valence-electron chi connectivity index (χ0n) is 11.9. The molecule has 1 aromatic carbocycles. The van der Waals surface area contributed by atoms with E-state index in [1.54, 1.807) is 7.11 Å². The molecule has 19 heavy (non-hydrogen) atoms. The highest BCUT2D eigenvalue weighted by molar-refractivity contribution is 5.26. The smallest absolute Gasteiger partial charge is 0.118 e. The van der Waals surface area contributed by atoms with Crippen LogP contribution in [-0.4, -0.2) is 38.1 Å². The summed E-state index contributed by atoms with van der Waals surface area (Å²) < 4.78 is 10.5. The summed E-state index contributed by atoms with van der Waals surface area (Å²) in [5.41, 5.74) is 1.17. The first-order chi connectivity index (χ1) is 9.26. The molecular formula is C15H25NO3. The van der Waals surface area contributed by atoms with Gasteiger partial charge in [0.1, 0.15) is 5.75 Å². The van der Waals surface area contributed by atoms with Crippen LogP contribution in [0.5, 0.6) is 5.75 Å². The summed E-state index contributed by atoms with van der Waals surface area (Å²) >= 11 is 0. The van der Waals surface area contributed by atoms with Crippen LogP contribution < -0.4 is 10.1 Å². The van der Waals surface area contributed by atoms with Crippen LogP contribution in [-0.2, 0) is 11.3 Å². The summed E-state index contributed by atoms with van der Waals surface area (Å²) in [6, 6.07) is 7.88. The molecule has 2 N–H and O–H groups in total. The predicted octanol–water partition coefficient (Wildman–Crippen LogP) is 1.96. The van der Waals surface area contributed by atoms with Gasteiger partial charge in [0.05, 0.1) is 19.8 Å².